The van der Waals surface area contributed by atoms with Gasteiger partial charge in [0.2, 0.25) is 4.80 Å². The van der Waals surface area contributed by atoms with Gasteiger partial charge in [0.05, 0.1) is 19.3 Å². The molecule has 0 aliphatic heterocycles. The summed E-state index contributed by atoms with van der Waals surface area (Å²) in [5.41, 5.74) is 5.38. The number of nitrogens with zero attached hydrogens (tertiary/aromatic N) is 4. The third-order valence-electron chi connectivity index (χ3n) is 6.24. The van der Waals surface area contributed by atoms with Crippen LogP contribution in [0.4, 0.5) is 5.69 Å². The zero-order chi connectivity index (χ0) is 27.9. The van der Waals surface area contributed by atoms with Gasteiger partial charge in [-0.2, -0.15) is 9.37 Å². The van der Waals surface area contributed by atoms with E-state index in [1.807, 2.05) is 122 Å². The van der Waals surface area contributed by atoms with Gasteiger partial charge in [-0.3, -0.25) is 9.36 Å². The fourth-order valence-corrected chi connectivity index (χ4v) is 4.75. The summed E-state index contributed by atoms with van der Waals surface area (Å²) in [5.74, 6) is 1.78. The zero-order valence-electron chi connectivity index (χ0n) is 22.5. The van der Waals surface area contributed by atoms with Crippen molar-refractivity contribution in [3.63, 3.8) is 0 Å². The Morgan fingerprint density at radius 3 is 2.15 bits per heavy atom. The van der Waals surface area contributed by atoms with Crippen molar-refractivity contribution in [1.82, 2.24) is 14.3 Å². The summed E-state index contributed by atoms with van der Waals surface area (Å²) in [4.78, 5) is 23.4. The number of carbonyl (C=O) groups is 1. The van der Waals surface area contributed by atoms with E-state index in [0.717, 1.165) is 33.8 Å². The molecule has 0 saturated heterocycles. The van der Waals surface area contributed by atoms with Crippen molar-refractivity contribution in [1.29, 1.82) is 0 Å². The zero-order valence-corrected chi connectivity index (χ0v) is 23.4. The molecule has 0 radical (unpaired) electrons. The largest absolute Gasteiger partial charge is 0.497 e. The van der Waals surface area contributed by atoms with E-state index in [9.17, 15) is 4.79 Å². The van der Waals surface area contributed by atoms with Crippen molar-refractivity contribution < 1.29 is 9.53 Å². The minimum Gasteiger partial charge on any atom is -0.497 e. The maximum absolute atomic E-state index is 12.9. The average molecular weight is 548 g/mol. The van der Waals surface area contributed by atoms with E-state index in [1.165, 1.54) is 11.5 Å². The molecule has 0 aliphatic carbocycles. The fraction of sp³-hybridized carbons (Fsp3) is 0.125. The second-order valence-corrected chi connectivity index (χ2v) is 9.94. The van der Waals surface area contributed by atoms with Crippen molar-refractivity contribution in [2.24, 2.45) is 9.98 Å². The van der Waals surface area contributed by atoms with E-state index >= 15 is 0 Å². The van der Waals surface area contributed by atoms with Crippen LogP contribution in [0.15, 0.2) is 113 Å². The van der Waals surface area contributed by atoms with Gasteiger partial charge in [0.1, 0.15) is 11.6 Å². The van der Waals surface area contributed by atoms with Crippen LogP contribution in [-0.4, -0.2) is 27.8 Å². The number of methoxy groups -OCH3 is 1. The number of amides is 1. The maximum Gasteiger partial charge on any atom is 0.251 e. The normalized spacial score (nSPS) is 11.9. The monoisotopic (exact) mass is 547 g/mol. The summed E-state index contributed by atoms with van der Waals surface area (Å²) < 4.78 is 12.0. The predicted octanol–water partition coefficient (Wildman–Crippen LogP) is 6.17. The first-order valence-corrected chi connectivity index (χ1v) is 13.6. The number of hydrogen-bond donors (Lipinski definition) is 1. The third-order valence-corrected chi connectivity index (χ3v) is 6.98. The van der Waals surface area contributed by atoms with E-state index in [-0.39, 0.29) is 12.5 Å². The molecule has 0 atom stereocenters. The van der Waals surface area contributed by atoms with Crippen LogP contribution in [0.1, 0.15) is 32.9 Å². The molecule has 7 nitrogen and oxygen atoms in total. The lowest BCUT2D eigenvalue weighted by Gasteiger charge is -2.10. The standard InChI is InChI=1S/C32H29N5O2S/c1-22-9-13-25(14-10-22)31(38)33-21-29-36-40-32(37(29)27-17-19-28(39-3)20-18-27)35-30(24-7-5-4-6-8-24)34-26-15-11-23(2)12-16-26/h4-20H,21H2,1-3H3,(H,33,38). The van der Waals surface area contributed by atoms with Gasteiger partial charge >= 0.3 is 0 Å². The molecule has 1 N–H and O–H groups in total. The lowest BCUT2D eigenvalue weighted by atomic mass is 10.1. The molecule has 1 aromatic heterocycles. The van der Waals surface area contributed by atoms with Crippen molar-refractivity contribution >= 4 is 29.0 Å². The van der Waals surface area contributed by atoms with Crippen LogP contribution in [0, 0.1) is 13.8 Å². The topological polar surface area (TPSA) is 80.9 Å². The molecule has 0 spiro atoms. The van der Waals surface area contributed by atoms with Crippen molar-refractivity contribution in [2.75, 3.05) is 7.11 Å². The van der Waals surface area contributed by atoms with Crippen LogP contribution in [0.5, 0.6) is 5.75 Å². The van der Waals surface area contributed by atoms with Crippen molar-refractivity contribution in [2.45, 2.75) is 20.4 Å². The molecular weight excluding hydrogens is 518 g/mol. The predicted molar refractivity (Wildman–Crippen MR) is 160 cm³/mol. The summed E-state index contributed by atoms with van der Waals surface area (Å²) >= 11 is 1.25. The van der Waals surface area contributed by atoms with Gasteiger partial charge < -0.3 is 10.1 Å². The molecular formula is C32H29N5O2S. The Morgan fingerprint density at radius 2 is 1.50 bits per heavy atom. The van der Waals surface area contributed by atoms with Crippen LogP contribution >= 0.6 is 11.5 Å². The minimum atomic E-state index is -0.168. The van der Waals surface area contributed by atoms with Gasteiger partial charge in [0.25, 0.3) is 5.91 Å². The molecule has 200 valence electrons. The number of amidine groups is 1. The van der Waals surface area contributed by atoms with Crippen molar-refractivity contribution in [3.8, 4) is 11.4 Å². The van der Waals surface area contributed by atoms with Gasteiger partial charge in [-0.1, -0.05) is 65.7 Å². The molecule has 5 aromatic rings. The summed E-state index contributed by atoms with van der Waals surface area (Å²) in [7, 11) is 1.63. The maximum atomic E-state index is 12.9. The molecule has 0 fully saturated rings. The molecule has 4 aromatic carbocycles. The Labute approximate surface area is 237 Å². The summed E-state index contributed by atoms with van der Waals surface area (Å²) in [5, 5.41) is 3.00. The van der Waals surface area contributed by atoms with Gasteiger partial charge in [0, 0.05) is 28.3 Å². The summed E-state index contributed by atoms with van der Waals surface area (Å²) in [6.45, 7) is 4.26. The quantitative estimate of drug-likeness (QED) is 0.196. The van der Waals surface area contributed by atoms with E-state index in [4.69, 9.17) is 19.1 Å². The van der Waals surface area contributed by atoms with Crippen LogP contribution in [0.25, 0.3) is 5.69 Å². The smallest absolute Gasteiger partial charge is 0.251 e. The Balaban J connectivity index is 1.58. The molecule has 0 saturated carbocycles. The van der Waals surface area contributed by atoms with Gasteiger partial charge in [-0.05, 0) is 62.4 Å². The summed E-state index contributed by atoms with van der Waals surface area (Å²) in [6, 6.07) is 33.0. The SMILES string of the molecule is COc1ccc(-n2c(CNC(=O)c3ccc(C)cc3)nsc2=NC(=Nc2ccc(C)cc2)c2ccccc2)cc1. The number of benzene rings is 4. The number of aliphatic imine (C=N–C) groups is 1. The molecule has 1 heterocycles. The Morgan fingerprint density at radius 1 is 0.850 bits per heavy atom. The number of aryl methyl sites for hydroxylation is 2. The first-order valence-electron chi connectivity index (χ1n) is 12.8. The lowest BCUT2D eigenvalue weighted by Crippen LogP contribution is -2.26. The van der Waals surface area contributed by atoms with Crippen LogP contribution in [-0.2, 0) is 6.54 Å². The highest BCUT2D eigenvalue weighted by atomic mass is 32.1. The molecule has 40 heavy (non-hydrogen) atoms. The van der Waals surface area contributed by atoms with E-state index in [0.29, 0.717) is 22.0 Å². The number of rotatable bonds is 7. The number of aromatic nitrogens is 2. The average Bonchev–Trinajstić information content (AvgIpc) is 3.39. The van der Waals surface area contributed by atoms with Crippen LogP contribution in [0.2, 0.25) is 0 Å². The minimum absolute atomic E-state index is 0.168. The Bertz CT molecular complexity index is 1690. The molecule has 0 bridgehead atoms. The second-order valence-electron chi connectivity index (χ2n) is 9.21. The molecule has 8 heteroatoms. The van der Waals surface area contributed by atoms with E-state index in [2.05, 4.69) is 5.32 Å². The van der Waals surface area contributed by atoms with Crippen LogP contribution in [0.3, 0.4) is 0 Å². The molecule has 0 unspecified atom stereocenters. The first-order chi connectivity index (χ1) is 19.5. The van der Waals surface area contributed by atoms with E-state index in [1.54, 1.807) is 7.11 Å². The van der Waals surface area contributed by atoms with Gasteiger partial charge in [-0.25, -0.2) is 4.99 Å². The third kappa shape index (κ3) is 6.42. The van der Waals surface area contributed by atoms with Crippen LogP contribution < -0.4 is 14.9 Å². The van der Waals surface area contributed by atoms with Gasteiger partial charge in [0.15, 0.2) is 5.84 Å². The molecule has 1 amide bonds. The summed E-state index contributed by atoms with van der Waals surface area (Å²) in [6.07, 6.45) is 0. The number of hydrogen-bond acceptors (Lipinski definition) is 5. The van der Waals surface area contributed by atoms with E-state index < -0.39 is 0 Å². The molecule has 0 aliphatic rings. The highest BCUT2D eigenvalue weighted by molar-refractivity contribution is 7.02. The van der Waals surface area contributed by atoms with Gasteiger partial charge in [-0.15, -0.1) is 0 Å². The number of carbonyl (C=O) groups excluding carboxylic acids is 1. The number of ether oxygens (including phenoxy) is 1. The van der Waals surface area contributed by atoms with Crippen molar-refractivity contribution in [3.05, 3.63) is 136 Å². The number of nitrogens with one attached hydrogen (secondary N) is 1. The Hall–Kier alpha value is -4.82. The highest BCUT2D eigenvalue weighted by Gasteiger charge is 2.14. The lowest BCUT2D eigenvalue weighted by molar-refractivity contribution is 0.0949. The first kappa shape index (κ1) is 26.8. The molecule has 5 rings (SSSR count). The second kappa shape index (κ2) is 12.4. The Kier molecular flexibility index (Phi) is 8.27. The fourth-order valence-electron chi connectivity index (χ4n) is 4.00. The highest BCUT2D eigenvalue weighted by Crippen LogP contribution is 2.18.